The zero-order valence-electron chi connectivity index (χ0n) is 6.99. The van der Waals surface area contributed by atoms with Crippen molar-refractivity contribution >= 4 is 17.7 Å². The largest absolute Gasteiger partial charge is 0.368 e. The van der Waals surface area contributed by atoms with Gasteiger partial charge in [0, 0.05) is 6.54 Å². The van der Waals surface area contributed by atoms with Gasteiger partial charge in [-0.2, -0.15) is 11.8 Å². The lowest BCUT2D eigenvalue weighted by Gasteiger charge is -2.19. The second-order valence-corrected chi connectivity index (χ2v) is 4.12. The van der Waals surface area contributed by atoms with Gasteiger partial charge < -0.3 is 5.73 Å². The van der Waals surface area contributed by atoms with Crippen molar-refractivity contribution in [3.05, 3.63) is 0 Å². The predicted molar refractivity (Wildman–Crippen MR) is 51.5 cm³/mol. The number of aliphatic imine (C=N–C) groups is 1. The minimum Gasteiger partial charge on any atom is -0.368 e. The van der Waals surface area contributed by atoms with Crippen molar-refractivity contribution in [2.45, 2.75) is 12.8 Å². The van der Waals surface area contributed by atoms with Gasteiger partial charge in [0.1, 0.15) is 0 Å². The molecule has 0 aliphatic carbocycles. The van der Waals surface area contributed by atoms with Crippen LogP contribution < -0.4 is 11.2 Å². The molecule has 5 heteroatoms. The molecule has 0 bridgehead atoms. The summed E-state index contributed by atoms with van der Waals surface area (Å²) in [6.07, 6.45) is 2.43. The van der Waals surface area contributed by atoms with Crippen LogP contribution >= 0.6 is 11.8 Å². The molecule has 1 fully saturated rings. The average molecular weight is 189 g/mol. The van der Waals surface area contributed by atoms with Crippen LogP contribution in [0.5, 0.6) is 0 Å². The van der Waals surface area contributed by atoms with Crippen LogP contribution in [0.15, 0.2) is 4.99 Å². The van der Waals surface area contributed by atoms with E-state index < -0.39 is 0 Å². The summed E-state index contributed by atoms with van der Waals surface area (Å²) in [6, 6.07) is 0. The van der Waals surface area contributed by atoms with Crippen LogP contribution in [0, 0.1) is 5.92 Å². The lowest BCUT2D eigenvalue weighted by atomic mass is 10.0. The molecule has 0 aromatic carbocycles. The van der Waals surface area contributed by atoms with Crippen molar-refractivity contribution in [1.82, 2.24) is 5.48 Å². The molecule has 0 atom stereocenters. The number of guanidine groups is 1. The Morgan fingerprint density at radius 1 is 1.58 bits per heavy atom. The number of nitrogens with zero attached hydrogens (tertiary/aromatic N) is 1. The smallest absolute Gasteiger partial charge is 0.212 e. The van der Waals surface area contributed by atoms with Crippen molar-refractivity contribution in [3.8, 4) is 0 Å². The summed E-state index contributed by atoms with van der Waals surface area (Å²) in [7, 11) is 0. The van der Waals surface area contributed by atoms with Crippen molar-refractivity contribution in [2.75, 3.05) is 18.1 Å². The summed E-state index contributed by atoms with van der Waals surface area (Å²) in [5.74, 6) is 3.23. The van der Waals surface area contributed by atoms with E-state index in [1.165, 1.54) is 24.3 Å². The van der Waals surface area contributed by atoms with Gasteiger partial charge in [-0.05, 0) is 30.3 Å². The minimum atomic E-state index is 0.119. The summed E-state index contributed by atoms with van der Waals surface area (Å²) in [5.41, 5.74) is 7.10. The third kappa shape index (κ3) is 3.32. The van der Waals surface area contributed by atoms with E-state index >= 15 is 0 Å². The number of rotatable bonds is 2. The highest BCUT2D eigenvalue weighted by atomic mass is 32.2. The average Bonchev–Trinajstić information content (AvgIpc) is 2.16. The van der Waals surface area contributed by atoms with Gasteiger partial charge in [0.2, 0.25) is 5.96 Å². The van der Waals surface area contributed by atoms with Crippen molar-refractivity contribution in [2.24, 2.45) is 16.6 Å². The highest BCUT2D eigenvalue weighted by Crippen LogP contribution is 2.22. The van der Waals surface area contributed by atoms with Gasteiger partial charge in [-0.3, -0.25) is 10.2 Å². The third-order valence-electron chi connectivity index (χ3n) is 1.98. The first kappa shape index (κ1) is 9.67. The third-order valence-corrected chi connectivity index (χ3v) is 3.02. The fraction of sp³-hybridized carbons (Fsp3) is 0.857. The van der Waals surface area contributed by atoms with Crippen molar-refractivity contribution < 1.29 is 5.21 Å². The van der Waals surface area contributed by atoms with E-state index in [2.05, 4.69) is 4.99 Å². The first-order valence-corrected chi connectivity index (χ1v) is 5.26. The zero-order chi connectivity index (χ0) is 8.81. The van der Waals surface area contributed by atoms with Crippen LogP contribution in [0.1, 0.15) is 12.8 Å². The van der Waals surface area contributed by atoms with E-state index in [0.29, 0.717) is 5.92 Å². The van der Waals surface area contributed by atoms with E-state index in [9.17, 15) is 0 Å². The Balaban J connectivity index is 2.21. The van der Waals surface area contributed by atoms with E-state index in [1.54, 1.807) is 0 Å². The molecule has 1 aliphatic heterocycles. The van der Waals surface area contributed by atoms with Gasteiger partial charge in [-0.1, -0.05) is 0 Å². The monoisotopic (exact) mass is 189 g/mol. The number of thioether (sulfide) groups is 1. The van der Waals surface area contributed by atoms with E-state index in [0.717, 1.165) is 6.54 Å². The van der Waals surface area contributed by atoms with Gasteiger partial charge >= 0.3 is 0 Å². The van der Waals surface area contributed by atoms with Crippen molar-refractivity contribution in [1.29, 1.82) is 0 Å². The topological polar surface area (TPSA) is 70.6 Å². The summed E-state index contributed by atoms with van der Waals surface area (Å²) in [6.45, 7) is 0.736. The number of hydrogen-bond acceptors (Lipinski definition) is 3. The maximum absolute atomic E-state index is 8.35. The number of nitrogens with two attached hydrogens (primary N) is 1. The Morgan fingerprint density at radius 2 is 2.25 bits per heavy atom. The minimum absolute atomic E-state index is 0.119. The summed E-state index contributed by atoms with van der Waals surface area (Å²) >= 11 is 1.99. The molecule has 1 heterocycles. The highest BCUT2D eigenvalue weighted by Gasteiger charge is 2.12. The Labute approximate surface area is 76.6 Å². The molecule has 70 valence electrons. The maximum Gasteiger partial charge on any atom is 0.212 e. The summed E-state index contributed by atoms with van der Waals surface area (Å²) in [5, 5.41) is 8.35. The molecule has 0 aromatic rings. The molecule has 0 saturated carbocycles. The molecule has 4 N–H and O–H groups in total. The highest BCUT2D eigenvalue weighted by molar-refractivity contribution is 7.99. The van der Waals surface area contributed by atoms with Gasteiger partial charge in [0.25, 0.3) is 0 Å². The van der Waals surface area contributed by atoms with Crippen LogP contribution in [-0.4, -0.2) is 29.2 Å². The maximum atomic E-state index is 8.35. The molecular formula is C7H15N3OS. The zero-order valence-corrected chi connectivity index (χ0v) is 7.81. The molecule has 1 aliphatic rings. The van der Waals surface area contributed by atoms with E-state index in [1.807, 2.05) is 17.2 Å². The Kier molecular flexibility index (Phi) is 4.24. The van der Waals surface area contributed by atoms with Gasteiger partial charge in [0.15, 0.2) is 0 Å². The molecule has 1 saturated heterocycles. The Bertz CT molecular complexity index is 157. The summed E-state index contributed by atoms with van der Waals surface area (Å²) in [4.78, 5) is 3.99. The normalized spacial score (nSPS) is 20.9. The molecule has 12 heavy (non-hydrogen) atoms. The first-order valence-electron chi connectivity index (χ1n) is 4.10. The second-order valence-electron chi connectivity index (χ2n) is 2.89. The molecule has 0 aromatic heterocycles. The standard InChI is InChI=1S/C7H15N3OS/c8-7(10-11)9-5-6-1-3-12-4-2-6/h6,11H,1-5H2,(H3,8,9,10). The molecule has 0 unspecified atom stereocenters. The lowest BCUT2D eigenvalue weighted by molar-refractivity contribution is 0.232. The number of nitrogens with one attached hydrogen (secondary N) is 1. The SMILES string of the molecule is NC(=NCC1CCSCC1)NO. The van der Waals surface area contributed by atoms with Crippen LogP contribution in [-0.2, 0) is 0 Å². The molecule has 0 spiro atoms. The van der Waals surface area contributed by atoms with Crippen LogP contribution in [0.2, 0.25) is 0 Å². The first-order chi connectivity index (χ1) is 5.83. The van der Waals surface area contributed by atoms with Crippen LogP contribution in [0.4, 0.5) is 0 Å². The predicted octanol–water partition coefficient (Wildman–Crippen LogP) is 0.423. The molecule has 4 nitrogen and oxygen atoms in total. The van der Waals surface area contributed by atoms with E-state index in [4.69, 9.17) is 10.9 Å². The second kappa shape index (κ2) is 5.27. The Morgan fingerprint density at radius 3 is 2.83 bits per heavy atom. The number of hydroxylamine groups is 1. The van der Waals surface area contributed by atoms with Crippen LogP contribution in [0.25, 0.3) is 0 Å². The van der Waals surface area contributed by atoms with Gasteiger partial charge in [0.05, 0.1) is 0 Å². The molecular weight excluding hydrogens is 174 g/mol. The fourth-order valence-electron chi connectivity index (χ4n) is 1.19. The molecule has 0 radical (unpaired) electrons. The molecule has 0 amide bonds. The lowest BCUT2D eigenvalue weighted by Crippen LogP contribution is -2.29. The van der Waals surface area contributed by atoms with Gasteiger partial charge in [-0.25, -0.2) is 5.48 Å². The Hall–Kier alpha value is -0.420. The number of hydrogen-bond donors (Lipinski definition) is 3. The molecule has 1 rings (SSSR count). The summed E-state index contributed by atoms with van der Waals surface area (Å²) < 4.78 is 0. The van der Waals surface area contributed by atoms with E-state index in [-0.39, 0.29) is 5.96 Å². The van der Waals surface area contributed by atoms with Crippen molar-refractivity contribution in [3.63, 3.8) is 0 Å². The quantitative estimate of drug-likeness (QED) is 0.334. The van der Waals surface area contributed by atoms with Crippen LogP contribution in [0.3, 0.4) is 0 Å². The fourth-order valence-corrected chi connectivity index (χ4v) is 2.40. The van der Waals surface area contributed by atoms with Gasteiger partial charge in [-0.15, -0.1) is 0 Å².